The highest BCUT2D eigenvalue weighted by Crippen LogP contribution is 2.33. The van der Waals surface area contributed by atoms with Crippen molar-refractivity contribution in [3.63, 3.8) is 0 Å². The molecule has 0 aliphatic carbocycles. The Morgan fingerprint density at radius 1 is 1.17 bits per heavy atom. The van der Waals surface area contributed by atoms with E-state index in [9.17, 15) is 14.7 Å². The summed E-state index contributed by atoms with van der Waals surface area (Å²) in [5.41, 5.74) is 2.48. The molecule has 188 valence electrons. The van der Waals surface area contributed by atoms with Crippen LogP contribution >= 0.6 is 0 Å². The van der Waals surface area contributed by atoms with Gasteiger partial charge in [-0.15, -0.1) is 10.2 Å². The molecule has 3 aromatic rings. The molecule has 5 heterocycles. The van der Waals surface area contributed by atoms with Gasteiger partial charge in [0, 0.05) is 38.7 Å². The summed E-state index contributed by atoms with van der Waals surface area (Å²) in [6.45, 7) is 5.27. The van der Waals surface area contributed by atoms with Crippen LogP contribution in [-0.2, 0) is 26.1 Å². The lowest BCUT2D eigenvalue weighted by molar-refractivity contribution is 0.0996. The fourth-order valence-corrected chi connectivity index (χ4v) is 4.60. The van der Waals surface area contributed by atoms with Crippen LogP contribution in [0.15, 0.2) is 24.3 Å². The Labute approximate surface area is 209 Å². The molecule has 11 nitrogen and oxygen atoms in total. The number of amides is 2. The van der Waals surface area contributed by atoms with Crippen molar-refractivity contribution in [2.75, 3.05) is 23.9 Å². The second-order valence-electron chi connectivity index (χ2n) is 9.62. The molecule has 36 heavy (non-hydrogen) atoms. The third kappa shape index (κ3) is 4.14. The molecule has 0 atom stereocenters. The van der Waals surface area contributed by atoms with E-state index in [0.717, 1.165) is 37.2 Å². The van der Waals surface area contributed by atoms with E-state index in [1.807, 2.05) is 37.9 Å². The molecule has 2 aliphatic heterocycles. The number of carbonyl (C=O) groups excluding carboxylic acids is 1. The second-order valence-corrected chi connectivity index (χ2v) is 9.62. The van der Waals surface area contributed by atoms with Gasteiger partial charge in [0.2, 0.25) is 0 Å². The fraction of sp³-hybridized carbons (Fsp3) is 0.440. The quantitative estimate of drug-likeness (QED) is 0.559. The molecule has 0 fully saturated rings. The summed E-state index contributed by atoms with van der Waals surface area (Å²) >= 11 is 0. The van der Waals surface area contributed by atoms with Crippen LogP contribution in [0.3, 0.4) is 0 Å². The van der Waals surface area contributed by atoms with Crippen molar-refractivity contribution in [3.8, 4) is 11.5 Å². The molecule has 2 amide bonds. The van der Waals surface area contributed by atoms with E-state index in [2.05, 4.69) is 14.8 Å². The summed E-state index contributed by atoms with van der Waals surface area (Å²) in [4.78, 5) is 39.4. The van der Waals surface area contributed by atoms with E-state index >= 15 is 0 Å². The number of anilines is 2. The topological polar surface area (TPSA) is 121 Å². The third-order valence-electron chi connectivity index (χ3n) is 6.94. The highest BCUT2D eigenvalue weighted by atomic mass is 16.4. The van der Waals surface area contributed by atoms with Gasteiger partial charge in [-0.25, -0.2) is 14.8 Å². The average molecular weight is 491 g/mol. The summed E-state index contributed by atoms with van der Waals surface area (Å²) in [6.07, 6.45) is 2.03. The largest absolute Gasteiger partial charge is 0.465 e. The molecule has 0 bridgehead atoms. The number of hydrogen-bond acceptors (Lipinski definition) is 7. The summed E-state index contributed by atoms with van der Waals surface area (Å²) in [5, 5.41) is 18.1. The zero-order valence-electron chi connectivity index (χ0n) is 21.0. The van der Waals surface area contributed by atoms with Crippen LogP contribution in [0.2, 0.25) is 0 Å². The molecule has 2 aliphatic rings. The Bertz CT molecular complexity index is 1330. The Balaban J connectivity index is 1.52. The summed E-state index contributed by atoms with van der Waals surface area (Å²) in [7, 11) is 3.40. The molecule has 0 spiro atoms. The highest BCUT2D eigenvalue weighted by molar-refractivity contribution is 6.10. The molecule has 0 saturated heterocycles. The van der Waals surface area contributed by atoms with Gasteiger partial charge in [-0.2, -0.15) is 0 Å². The van der Waals surface area contributed by atoms with Crippen LogP contribution in [0.1, 0.15) is 54.1 Å². The lowest BCUT2D eigenvalue weighted by Crippen LogP contribution is -2.29. The summed E-state index contributed by atoms with van der Waals surface area (Å²) in [6, 6.07) is 7.50. The average Bonchev–Trinajstić information content (AvgIpc) is 3.45. The molecule has 11 heteroatoms. The first-order valence-corrected chi connectivity index (χ1v) is 12.2. The number of carboxylic acid groups (broad SMARTS) is 1. The molecule has 1 N–H and O–H groups in total. The summed E-state index contributed by atoms with van der Waals surface area (Å²) < 4.78 is 2.11. The Morgan fingerprint density at radius 3 is 2.72 bits per heavy atom. The van der Waals surface area contributed by atoms with Crippen molar-refractivity contribution < 1.29 is 14.7 Å². The number of aryl methyl sites for hydroxylation is 1. The van der Waals surface area contributed by atoms with Gasteiger partial charge in [-0.3, -0.25) is 9.69 Å². The van der Waals surface area contributed by atoms with Crippen molar-refractivity contribution >= 4 is 23.6 Å². The number of pyridine rings is 2. The van der Waals surface area contributed by atoms with Crippen LogP contribution in [0, 0.1) is 0 Å². The zero-order chi connectivity index (χ0) is 25.6. The Hall–Kier alpha value is -4.02. The predicted molar refractivity (Wildman–Crippen MR) is 134 cm³/mol. The molecule has 0 radical (unpaired) electrons. The number of nitrogens with zero attached hydrogens (tertiary/aromatic N) is 8. The van der Waals surface area contributed by atoms with Crippen molar-refractivity contribution in [1.82, 2.24) is 29.6 Å². The van der Waals surface area contributed by atoms with Gasteiger partial charge < -0.3 is 19.5 Å². The van der Waals surface area contributed by atoms with E-state index in [1.54, 1.807) is 17.0 Å². The highest BCUT2D eigenvalue weighted by Gasteiger charge is 2.34. The van der Waals surface area contributed by atoms with E-state index in [-0.39, 0.29) is 25.0 Å². The lowest BCUT2D eigenvalue weighted by Gasteiger charge is -2.24. The Kier molecular flexibility index (Phi) is 6.07. The van der Waals surface area contributed by atoms with Crippen LogP contribution in [0.5, 0.6) is 0 Å². The van der Waals surface area contributed by atoms with E-state index in [1.165, 1.54) is 11.9 Å². The smallest absolute Gasteiger partial charge is 0.407 e. The minimum Gasteiger partial charge on any atom is -0.465 e. The lowest BCUT2D eigenvalue weighted by atomic mass is 10.1. The maximum atomic E-state index is 13.6. The Morgan fingerprint density at radius 2 is 1.97 bits per heavy atom. The maximum absolute atomic E-state index is 13.6. The first kappa shape index (κ1) is 23.7. The predicted octanol–water partition coefficient (Wildman–Crippen LogP) is 3.19. The first-order chi connectivity index (χ1) is 17.2. The van der Waals surface area contributed by atoms with Gasteiger partial charge in [0.15, 0.2) is 5.82 Å². The maximum Gasteiger partial charge on any atom is 0.407 e. The summed E-state index contributed by atoms with van der Waals surface area (Å²) in [5.74, 6) is 2.64. The fourth-order valence-electron chi connectivity index (χ4n) is 4.60. The van der Waals surface area contributed by atoms with Crippen molar-refractivity contribution in [2.45, 2.75) is 58.8 Å². The molecular formula is C25H30N8O3. The third-order valence-corrected chi connectivity index (χ3v) is 6.94. The van der Waals surface area contributed by atoms with Crippen LogP contribution in [0.4, 0.5) is 16.4 Å². The number of aromatic nitrogens is 5. The minimum atomic E-state index is -1.06. The number of hydrogen-bond donors (Lipinski definition) is 1. The van der Waals surface area contributed by atoms with E-state index in [4.69, 9.17) is 9.97 Å². The monoisotopic (exact) mass is 490 g/mol. The van der Waals surface area contributed by atoms with Gasteiger partial charge in [0.25, 0.3) is 5.91 Å². The van der Waals surface area contributed by atoms with Gasteiger partial charge in [0.1, 0.15) is 23.2 Å². The minimum absolute atomic E-state index is 0.0813. The standard InChI is InChI=1S/C25H30N8O3/c1-15(2)31(4)22-12-16-17(19(27-22)14-30(3)25(35)36)13-33(24(16)34)20-10-7-8-18(26-20)23-29-28-21-9-5-6-11-32(21)23/h7-8,10,12,15H,5-6,9,11,13-14H2,1-4H3,(H,35,36). The molecular weight excluding hydrogens is 460 g/mol. The molecule has 0 unspecified atom stereocenters. The normalized spacial score (nSPS) is 14.7. The second kappa shape index (κ2) is 9.21. The van der Waals surface area contributed by atoms with Crippen LogP contribution < -0.4 is 9.80 Å². The van der Waals surface area contributed by atoms with Crippen molar-refractivity contribution in [2.24, 2.45) is 0 Å². The van der Waals surface area contributed by atoms with Gasteiger partial charge in [0.05, 0.1) is 24.3 Å². The van der Waals surface area contributed by atoms with Gasteiger partial charge in [-0.05, 0) is 44.9 Å². The van der Waals surface area contributed by atoms with Gasteiger partial charge >= 0.3 is 6.09 Å². The van der Waals surface area contributed by atoms with Crippen LogP contribution in [0.25, 0.3) is 11.5 Å². The van der Waals surface area contributed by atoms with Gasteiger partial charge in [-0.1, -0.05) is 6.07 Å². The molecule has 0 aromatic carbocycles. The molecule has 5 rings (SSSR count). The van der Waals surface area contributed by atoms with E-state index in [0.29, 0.717) is 34.4 Å². The number of carbonyl (C=O) groups is 2. The molecule has 3 aromatic heterocycles. The number of fused-ring (bicyclic) bond motifs is 2. The van der Waals surface area contributed by atoms with Crippen molar-refractivity contribution in [3.05, 3.63) is 46.9 Å². The molecule has 0 saturated carbocycles. The van der Waals surface area contributed by atoms with Crippen LogP contribution in [-0.4, -0.2) is 66.9 Å². The SMILES string of the molecule is CC(C)N(C)c1cc2c(c(CN(C)C(=O)O)n1)CN(c1cccc(-c3nnc4n3CCCC4)n1)C2=O. The number of rotatable bonds is 6. The zero-order valence-corrected chi connectivity index (χ0v) is 21.0. The van der Waals surface area contributed by atoms with Crippen molar-refractivity contribution in [1.29, 1.82) is 0 Å². The first-order valence-electron chi connectivity index (χ1n) is 12.2. The van der Waals surface area contributed by atoms with E-state index < -0.39 is 6.09 Å².